The number of carboxylic acid groups (broad SMARTS) is 1. The van der Waals surface area contributed by atoms with Crippen molar-refractivity contribution in [3.05, 3.63) is 24.3 Å². The summed E-state index contributed by atoms with van der Waals surface area (Å²) >= 11 is 0. The number of carbonyl (C=O) groups is 3. The van der Waals surface area contributed by atoms with Gasteiger partial charge in [0, 0.05) is 19.8 Å². The highest BCUT2D eigenvalue weighted by Crippen LogP contribution is 2.39. The quantitative estimate of drug-likeness (QED) is 0.0202. The highest BCUT2D eigenvalue weighted by molar-refractivity contribution is 5.77. The van der Waals surface area contributed by atoms with Crippen molar-refractivity contribution in [3.63, 3.8) is 0 Å². The summed E-state index contributed by atoms with van der Waals surface area (Å²) in [6.45, 7) is 2.18. The SMILES string of the molecule is CCCCCCCCCCC/C=C\C/C=C\CCCCCCCCCCCCCCCCCC(=O)NC(COC1OC(CO)C(OC2OC(CO)C(O)C(OC3(C(=O)O)CC(O)C(NC(C)=O)C(C(O)C(O)CO)O3)C2O)C(O)C1O)C(O)CCCCCCCCCCCC. The van der Waals surface area contributed by atoms with Crippen LogP contribution in [0.5, 0.6) is 0 Å². The number of unbranched alkanes of at least 4 members (excludes halogenated alkanes) is 33. The molecule has 3 rings (SSSR count). The minimum atomic E-state index is -3.08. The van der Waals surface area contributed by atoms with E-state index in [1.165, 1.54) is 167 Å². The smallest absolute Gasteiger partial charge is 0.364 e. The molecule has 0 spiro atoms. The molecule has 3 fully saturated rings. The maximum atomic E-state index is 13.5. The molecule has 0 aromatic rings. The zero-order valence-corrected chi connectivity index (χ0v) is 58.3. The van der Waals surface area contributed by atoms with Gasteiger partial charge in [0.25, 0.3) is 5.79 Å². The average Bonchev–Trinajstić information content (AvgIpc) is 0.763. The number of hydrogen-bond acceptors (Lipinski definition) is 20. The summed E-state index contributed by atoms with van der Waals surface area (Å²) in [7, 11) is 0. The molecule has 0 bridgehead atoms. The summed E-state index contributed by atoms with van der Waals surface area (Å²) < 4.78 is 34.8. The number of hydrogen-bond donors (Lipinski definition) is 14. The summed E-state index contributed by atoms with van der Waals surface area (Å²) in [5.41, 5.74) is 0. The Morgan fingerprint density at radius 1 is 0.547 bits per heavy atom. The number of carbonyl (C=O) groups excluding carboxylic acids is 2. The molecule has 2 amide bonds. The molecular weight excluding hydrogens is 1230 g/mol. The largest absolute Gasteiger partial charge is 0.477 e. The maximum Gasteiger partial charge on any atom is 0.364 e. The Hall–Kier alpha value is -2.79. The molecule has 3 saturated heterocycles. The molecule has 3 aliphatic rings. The molecule has 23 nitrogen and oxygen atoms in total. The molecule has 3 heterocycles. The fraction of sp³-hybridized carbons (Fsp3) is 0.903. The lowest BCUT2D eigenvalue weighted by atomic mass is 9.88. The molecule has 18 unspecified atom stereocenters. The van der Waals surface area contributed by atoms with Crippen molar-refractivity contribution in [3.8, 4) is 0 Å². The second-order valence-electron chi connectivity index (χ2n) is 27.2. The van der Waals surface area contributed by atoms with Gasteiger partial charge in [-0.15, -0.1) is 0 Å². The first-order chi connectivity index (χ1) is 45.9. The second kappa shape index (κ2) is 52.2. The predicted octanol–water partition coefficient (Wildman–Crippen LogP) is 8.01. The van der Waals surface area contributed by atoms with Gasteiger partial charge < -0.3 is 100 Å². The number of aliphatic hydroxyl groups excluding tert-OH is 11. The van der Waals surface area contributed by atoms with E-state index < -0.39 is 148 Å². The van der Waals surface area contributed by atoms with Gasteiger partial charge in [0.05, 0.1) is 50.7 Å². The van der Waals surface area contributed by atoms with Gasteiger partial charge in [0.15, 0.2) is 12.6 Å². The van der Waals surface area contributed by atoms with Crippen LogP contribution in [0.25, 0.3) is 0 Å². The van der Waals surface area contributed by atoms with Gasteiger partial charge in [0.1, 0.15) is 67.1 Å². The highest BCUT2D eigenvalue weighted by atomic mass is 16.8. The Balaban J connectivity index is 1.46. The topological polar surface area (TPSA) is 373 Å². The van der Waals surface area contributed by atoms with Crippen LogP contribution in [0.2, 0.25) is 0 Å². The number of nitrogens with one attached hydrogen (secondary N) is 2. The fourth-order valence-electron chi connectivity index (χ4n) is 13.0. The van der Waals surface area contributed by atoms with Gasteiger partial charge >= 0.3 is 5.97 Å². The lowest BCUT2D eigenvalue weighted by Crippen LogP contribution is -2.70. The fourth-order valence-corrected chi connectivity index (χ4v) is 13.0. The van der Waals surface area contributed by atoms with Crippen LogP contribution in [0.4, 0.5) is 0 Å². The number of amides is 2. The Bertz CT molecular complexity index is 2010. The molecule has 14 N–H and O–H groups in total. The van der Waals surface area contributed by atoms with Crippen molar-refractivity contribution in [2.24, 2.45) is 0 Å². The lowest BCUT2D eigenvalue weighted by Gasteiger charge is -2.50. The van der Waals surface area contributed by atoms with E-state index in [0.717, 1.165) is 64.7 Å². The molecule has 23 heteroatoms. The Morgan fingerprint density at radius 2 is 1.01 bits per heavy atom. The highest BCUT2D eigenvalue weighted by Gasteiger charge is 2.60. The van der Waals surface area contributed by atoms with Crippen molar-refractivity contribution in [2.45, 2.75) is 387 Å². The van der Waals surface area contributed by atoms with Gasteiger partial charge in [-0.05, 0) is 44.9 Å². The number of carboxylic acids is 1. The minimum absolute atomic E-state index is 0.224. The number of allylic oxidation sites excluding steroid dienone is 4. The van der Waals surface area contributed by atoms with Crippen LogP contribution in [0.1, 0.15) is 278 Å². The molecule has 0 aromatic heterocycles. The van der Waals surface area contributed by atoms with Crippen LogP contribution < -0.4 is 10.6 Å². The standard InChI is InChI=1S/C72H132N2O21/c1-4-6-8-10-12-14-16-17-18-19-20-21-22-23-24-25-26-27-28-29-30-31-32-33-34-35-36-38-40-42-44-46-59(82)74-53(54(79)45-43-41-39-37-15-13-11-9-7-5-2)51-90-69-64(86)63(85)66(58(50-77)92-69)93-70-65(87)68(62(84)57(49-76)91-70)95-72(71(88)89)47-55(80)60(73-52(3)78)67(94-72)61(83)56(81)48-75/h20-21,23-24,53-58,60-70,75-77,79-81,83-87H,4-19,22,25-51H2,1-3H3,(H,73,78)(H,74,82)(H,88,89)/b21-20-,24-23-. The first-order valence-corrected chi connectivity index (χ1v) is 37.2. The van der Waals surface area contributed by atoms with Crippen molar-refractivity contribution >= 4 is 17.8 Å². The zero-order chi connectivity index (χ0) is 69.6. The van der Waals surface area contributed by atoms with Gasteiger partial charge in [-0.3, -0.25) is 9.59 Å². The molecule has 95 heavy (non-hydrogen) atoms. The van der Waals surface area contributed by atoms with E-state index in [4.69, 9.17) is 28.4 Å². The van der Waals surface area contributed by atoms with Crippen molar-refractivity contribution in [1.82, 2.24) is 10.6 Å². The normalized spacial score (nSPS) is 27.8. The molecule has 18 atom stereocenters. The van der Waals surface area contributed by atoms with Gasteiger partial charge in [-0.25, -0.2) is 4.79 Å². The summed E-state index contributed by atoms with van der Waals surface area (Å²) in [5, 5.41) is 136. The third-order valence-electron chi connectivity index (χ3n) is 18.9. The van der Waals surface area contributed by atoms with Crippen LogP contribution in [0.15, 0.2) is 24.3 Å². The van der Waals surface area contributed by atoms with Crippen molar-refractivity contribution in [1.29, 1.82) is 0 Å². The van der Waals surface area contributed by atoms with Gasteiger partial charge in [-0.1, -0.05) is 237 Å². The molecule has 0 radical (unpaired) electrons. The van der Waals surface area contributed by atoms with E-state index in [0.29, 0.717) is 19.3 Å². The Morgan fingerprint density at radius 3 is 1.47 bits per heavy atom. The van der Waals surface area contributed by atoms with E-state index in [1.54, 1.807) is 0 Å². The van der Waals surface area contributed by atoms with Crippen LogP contribution in [0.3, 0.4) is 0 Å². The molecule has 0 aromatic carbocycles. The molecule has 556 valence electrons. The van der Waals surface area contributed by atoms with E-state index in [2.05, 4.69) is 48.8 Å². The first kappa shape index (κ1) is 86.4. The van der Waals surface area contributed by atoms with E-state index in [-0.39, 0.29) is 18.9 Å². The van der Waals surface area contributed by atoms with E-state index in [9.17, 15) is 75.7 Å². The Kier molecular flexibility index (Phi) is 47.5. The first-order valence-electron chi connectivity index (χ1n) is 37.2. The summed E-state index contributed by atoms with van der Waals surface area (Å²) in [4.78, 5) is 38.5. The summed E-state index contributed by atoms with van der Waals surface area (Å²) in [5.74, 6) is -6.10. The molecule has 0 saturated carbocycles. The third-order valence-corrected chi connectivity index (χ3v) is 18.9. The maximum absolute atomic E-state index is 13.5. The van der Waals surface area contributed by atoms with Crippen molar-refractivity contribution < 1.29 is 104 Å². The Labute approximate surface area is 568 Å². The third kappa shape index (κ3) is 34.0. The number of rotatable bonds is 57. The lowest BCUT2D eigenvalue weighted by molar-refractivity contribution is -0.386. The van der Waals surface area contributed by atoms with Crippen LogP contribution in [-0.4, -0.2) is 215 Å². The molecule has 3 aliphatic heterocycles. The predicted molar refractivity (Wildman–Crippen MR) is 361 cm³/mol. The molecule has 0 aliphatic carbocycles. The average molecular weight is 1360 g/mol. The van der Waals surface area contributed by atoms with E-state index >= 15 is 0 Å². The number of aliphatic carboxylic acids is 1. The van der Waals surface area contributed by atoms with Crippen LogP contribution in [0, 0.1) is 0 Å². The zero-order valence-electron chi connectivity index (χ0n) is 58.3. The van der Waals surface area contributed by atoms with Gasteiger partial charge in [0.2, 0.25) is 11.8 Å². The van der Waals surface area contributed by atoms with Gasteiger partial charge in [-0.2, -0.15) is 0 Å². The second-order valence-corrected chi connectivity index (χ2v) is 27.2. The van der Waals surface area contributed by atoms with Crippen molar-refractivity contribution in [2.75, 3.05) is 26.4 Å². The van der Waals surface area contributed by atoms with Crippen LogP contribution in [-0.2, 0) is 42.8 Å². The minimum Gasteiger partial charge on any atom is -0.477 e. The van der Waals surface area contributed by atoms with Crippen LogP contribution >= 0.6 is 0 Å². The summed E-state index contributed by atoms with van der Waals surface area (Å²) in [6.07, 6.45) is 25.0. The number of aliphatic hydroxyl groups is 11. The monoisotopic (exact) mass is 1360 g/mol. The van der Waals surface area contributed by atoms with E-state index in [1.807, 2.05) is 0 Å². The molecular formula is C72H132N2O21. The number of ether oxygens (including phenoxy) is 6. The summed E-state index contributed by atoms with van der Waals surface area (Å²) in [6, 6.07) is -2.53.